The first-order chi connectivity index (χ1) is 17.8. The third-order valence-electron chi connectivity index (χ3n) is 6.08. The first-order valence-electron chi connectivity index (χ1n) is 12.0. The smallest absolute Gasteiger partial charge is 0.414 e. The SMILES string of the molecule is CCOC(=O)CCN1CCN(CC2CN(c3ccc(C(=N)NC(=O)c4cccs4)cc3)C(=O)O2)CC1=O. The monoisotopic (exact) mass is 527 g/mol. The fourth-order valence-electron chi connectivity index (χ4n) is 4.19. The second-order valence-electron chi connectivity index (χ2n) is 8.64. The molecule has 0 radical (unpaired) electrons. The Hall–Kier alpha value is -3.77. The summed E-state index contributed by atoms with van der Waals surface area (Å²) in [5, 5.41) is 12.5. The van der Waals surface area contributed by atoms with E-state index in [0.29, 0.717) is 55.5 Å². The number of thiophene rings is 1. The summed E-state index contributed by atoms with van der Waals surface area (Å²) < 4.78 is 10.4. The Morgan fingerprint density at radius 2 is 1.97 bits per heavy atom. The number of hydrogen-bond acceptors (Lipinski definition) is 9. The van der Waals surface area contributed by atoms with Crippen molar-refractivity contribution in [2.24, 2.45) is 0 Å². The molecule has 3 amide bonds. The largest absolute Gasteiger partial charge is 0.466 e. The Balaban J connectivity index is 1.26. The number of nitrogens with zero attached hydrogens (tertiary/aromatic N) is 3. The van der Waals surface area contributed by atoms with Gasteiger partial charge in [-0.3, -0.25) is 29.6 Å². The van der Waals surface area contributed by atoms with E-state index in [1.807, 2.05) is 4.90 Å². The van der Waals surface area contributed by atoms with Gasteiger partial charge in [0.15, 0.2) is 0 Å². The maximum atomic E-state index is 12.5. The molecule has 37 heavy (non-hydrogen) atoms. The molecule has 196 valence electrons. The average Bonchev–Trinajstić information content (AvgIpc) is 3.54. The van der Waals surface area contributed by atoms with Crippen LogP contribution in [-0.4, -0.2) is 91.5 Å². The van der Waals surface area contributed by atoms with Crippen LogP contribution >= 0.6 is 11.3 Å². The summed E-state index contributed by atoms with van der Waals surface area (Å²) in [7, 11) is 0. The highest BCUT2D eigenvalue weighted by Crippen LogP contribution is 2.23. The summed E-state index contributed by atoms with van der Waals surface area (Å²) >= 11 is 1.30. The molecule has 4 rings (SSSR count). The van der Waals surface area contributed by atoms with Crippen LogP contribution in [0.1, 0.15) is 28.6 Å². The summed E-state index contributed by atoms with van der Waals surface area (Å²) in [4.78, 5) is 54.4. The van der Waals surface area contributed by atoms with Gasteiger partial charge in [0, 0.05) is 37.4 Å². The standard InChI is InChI=1S/C25H29N5O6S/c1-2-35-22(32)9-10-29-12-11-28(16-21(29)31)14-19-15-30(25(34)36-19)18-7-5-17(6-8-18)23(26)27-24(33)20-4-3-13-37-20/h3-8,13,19H,2,9-12,14-16H2,1H3,(H2,26,27,33). The normalized spacial score (nSPS) is 18.0. The van der Waals surface area contributed by atoms with Crippen molar-refractivity contribution >= 4 is 46.7 Å². The zero-order chi connectivity index (χ0) is 26.4. The van der Waals surface area contributed by atoms with Crippen LogP contribution in [0.15, 0.2) is 41.8 Å². The van der Waals surface area contributed by atoms with Crippen molar-refractivity contribution in [1.82, 2.24) is 15.1 Å². The second-order valence-corrected chi connectivity index (χ2v) is 9.59. The van der Waals surface area contributed by atoms with Crippen molar-refractivity contribution < 1.29 is 28.7 Å². The van der Waals surface area contributed by atoms with Gasteiger partial charge in [0.2, 0.25) is 5.91 Å². The van der Waals surface area contributed by atoms with Gasteiger partial charge in [-0.05, 0) is 42.6 Å². The van der Waals surface area contributed by atoms with Gasteiger partial charge in [0.1, 0.15) is 11.9 Å². The Bertz CT molecular complexity index is 1150. The van der Waals surface area contributed by atoms with E-state index in [0.717, 1.165) is 0 Å². The molecule has 2 aromatic rings. The Morgan fingerprint density at radius 3 is 2.65 bits per heavy atom. The summed E-state index contributed by atoms with van der Waals surface area (Å²) in [6.07, 6.45) is -0.693. The number of benzene rings is 1. The molecule has 11 nitrogen and oxygen atoms in total. The molecule has 3 heterocycles. The summed E-state index contributed by atoms with van der Waals surface area (Å²) in [5.41, 5.74) is 1.13. The van der Waals surface area contributed by atoms with Crippen molar-refractivity contribution in [2.45, 2.75) is 19.4 Å². The lowest BCUT2D eigenvalue weighted by molar-refractivity contribution is -0.144. The fourth-order valence-corrected chi connectivity index (χ4v) is 4.81. The Kier molecular flexibility index (Phi) is 8.51. The molecule has 2 fully saturated rings. The van der Waals surface area contributed by atoms with Crippen molar-refractivity contribution in [3.05, 3.63) is 52.2 Å². The third-order valence-corrected chi connectivity index (χ3v) is 6.94. The number of anilines is 1. The van der Waals surface area contributed by atoms with Gasteiger partial charge in [0.25, 0.3) is 5.91 Å². The van der Waals surface area contributed by atoms with E-state index < -0.39 is 12.2 Å². The number of nitrogens with one attached hydrogen (secondary N) is 2. The number of rotatable bonds is 9. The van der Waals surface area contributed by atoms with Gasteiger partial charge in [-0.25, -0.2) is 4.79 Å². The Labute approximate surface area is 218 Å². The zero-order valence-corrected chi connectivity index (χ0v) is 21.3. The quantitative estimate of drug-likeness (QED) is 0.289. The minimum atomic E-state index is -0.474. The van der Waals surface area contributed by atoms with Crippen molar-refractivity contribution in [1.29, 1.82) is 5.41 Å². The minimum absolute atomic E-state index is 0.0297. The molecule has 2 aliphatic heterocycles. The number of cyclic esters (lactones) is 1. The number of carbonyl (C=O) groups excluding carboxylic acids is 4. The van der Waals surface area contributed by atoms with Crippen LogP contribution in [0.3, 0.4) is 0 Å². The molecule has 1 unspecified atom stereocenters. The van der Waals surface area contributed by atoms with Crippen LogP contribution in [0.5, 0.6) is 0 Å². The number of amides is 3. The maximum absolute atomic E-state index is 12.5. The second kappa shape index (κ2) is 12.0. The van der Waals surface area contributed by atoms with Crippen LogP contribution in [-0.2, 0) is 19.1 Å². The predicted octanol–water partition coefficient (Wildman–Crippen LogP) is 1.93. The highest BCUT2D eigenvalue weighted by atomic mass is 32.1. The lowest BCUT2D eigenvalue weighted by Crippen LogP contribution is -2.52. The lowest BCUT2D eigenvalue weighted by Gasteiger charge is -2.34. The topological polar surface area (TPSA) is 132 Å². The van der Waals surface area contributed by atoms with E-state index in [1.54, 1.807) is 53.6 Å². The van der Waals surface area contributed by atoms with Gasteiger partial charge in [-0.1, -0.05) is 6.07 Å². The van der Waals surface area contributed by atoms with Crippen molar-refractivity contribution in [3.8, 4) is 0 Å². The molecule has 1 aromatic heterocycles. The van der Waals surface area contributed by atoms with Crippen LogP contribution in [0.25, 0.3) is 0 Å². The predicted molar refractivity (Wildman–Crippen MR) is 137 cm³/mol. The van der Waals surface area contributed by atoms with E-state index >= 15 is 0 Å². The lowest BCUT2D eigenvalue weighted by atomic mass is 10.1. The third kappa shape index (κ3) is 6.71. The molecular weight excluding hydrogens is 498 g/mol. The van der Waals surface area contributed by atoms with E-state index in [4.69, 9.17) is 14.9 Å². The number of ether oxygens (including phenoxy) is 2. The molecule has 12 heteroatoms. The minimum Gasteiger partial charge on any atom is -0.466 e. The highest BCUT2D eigenvalue weighted by molar-refractivity contribution is 7.12. The number of esters is 1. The molecule has 0 aliphatic carbocycles. The first kappa shape index (κ1) is 26.3. The van der Waals surface area contributed by atoms with Crippen molar-refractivity contribution in [3.63, 3.8) is 0 Å². The molecule has 1 atom stereocenters. The highest BCUT2D eigenvalue weighted by Gasteiger charge is 2.35. The molecule has 0 saturated carbocycles. The first-order valence-corrected chi connectivity index (χ1v) is 12.9. The molecule has 0 bridgehead atoms. The van der Waals surface area contributed by atoms with Gasteiger partial charge in [-0.15, -0.1) is 11.3 Å². The van der Waals surface area contributed by atoms with E-state index in [1.165, 1.54) is 16.2 Å². The van der Waals surface area contributed by atoms with Crippen LogP contribution in [0.2, 0.25) is 0 Å². The maximum Gasteiger partial charge on any atom is 0.414 e. The van der Waals surface area contributed by atoms with E-state index in [2.05, 4.69) is 5.32 Å². The summed E-state index contributed by atoms with van der Waals surface area (Å²) in [6, 6.07) is 10.2. The van der Waals surface area contributed by atoms with Gasteiger partial charge < -0.3 is 19.7 Å². The number of amidine groups is 1. The molecule has 2 saturated heterocycles. The molecule has 0 spiro atoms. The molecule has 2 N–H and O–H groups in total. The van der Waals surface area contributed by atoms with Gasteiger partial charge in [0.05, 0.1) is 31.0 Å². The summed E-state index contributed by atoms with van der Waals surface area (Å²) in [5.74, 6) is -0.754. The molecule has 1 aromatic carbocycles. The number of hydrogen-bond donors (Lipinski definition) is 2. The molecular formula is C25H29N5O6S. The van der Waals surface area contributed by atoms with Crippen LogP contribution < -0.4 is 10.2 Å². The van der Waals surface area contributed by atoms with Gasteiger partial charge in [-0.2, -0.15) is 0 Å². The van der Waals surface area contributed by atoms with E-state index in [-0.39, 0.29) is 36.6 Å². The van der Waals surface area contributed by atoms with E-state index in [9.17, 15) is 19.2 Å². The number of carbonyl (C=O) groups is 4. The average molecular weight is 528 g/mol. The fraction of sp³-hybridized carbons (Fsp3) is 0.400. The van der Waals surface area contributed by atoms with Crippen molar-refractivity contribution in [2.75, 3.05) is 50.8 Å². The van der Waals surface area contributed by atoms with Crippen LogP contribution in [0, 0.1) is 5.41 Å². The zero-order valence-electron chi connectivity index (χ0n) is 20.5. The van der Waals surface area contributed by atoms with Crippen LogP contribution in [0.4, 0.5) is 10.5 Å². The Morgan fingerprint density at radius 1 is 1.19 bits per heavy atom. The molecule has 2 aliphatic rings. The number of piperazine rings is 1. The van der Waals surface area contributed by atoms with Gasteiger partial charge >= 0.3 is 12.1 Å². The summed E-state index contributed by atoms with van der Waals surface area (Å²) in [6.45, 7) is 4.48.